The van der Waals surface area contributed by atoms with Crippen LogP contribution in [0.3, 0.4) is 0 Å². The van der Waals surface area contributed by atoms with Crippen LogP contribution in [0.4, 0.5) is 8.78 Å². The largest absolute Gasteiger partial charge is 0.355 e. The third kappa shape index (κ3) is 3.29. The van der Waals surface area contributed by atoms with Gasteiger partial charge in [0.1, 0.15) is 11.6 Å². The Hall–Kier alpha value is -1.49. The van der Waals surface area contributed by atoms with E-state index in [0.29, 0.717) is 25.1 Å². The summed E-state index contributed by atoms with van der Waals surface area (Å²) in [5.74, 6) is -0.901. The first kappa shape index (κ1) is 13.9. The molecule has 1 fully saturated rings. The molecule has 1 aromatic carbocycles. The maximum Gasteiger partial charge on any atom is 0.227 e. The lowest BCUT2D eigenvalue weighted by molar-refractivity contribution is -0.126. The minimum Gasteiger partial charge on any atom is -0.355 e. The molecule has 3 nitrogen and oxygen atoms in total. The van der Waals surface area contributed by atoms with Gasteiger partial charge in [0.15, 0.2) is 0 Å². The summed E-state index contributed by atoms with van der Waals surface area (Å²) in [5.41, 5.74) is 0.00801. The Kier molecular flexibility index (Phi) is 4.14. The maximum atomic E-state index is 13.4. The molecule has 0 heterocycles. The highest BCUT2D eigenvalue weighted by Gasteiger charge is 2.48. The molecule has 0 spiro atoms. The lowest BCUT2D eigenvalue weighted by Gasteiger charge is -2.14. The highest BCUT2D eigenvalue weighted by atomic mass is 19.1. The van der Waals surface area contributed by atoms with E-state index in [2.05, 4.69) is 10.6 Å². The van der Waals surface area contributed by atoms with E-state index in [-0.39, 0.29) is 11.3 Å². The molecule has 104 valence electrons. The summed E-state index contributed by atoms with van der Waals surface area (Å²) in [6.07, 6.45) is 2.06. The lowest BCUT2D eigenvalue weighted by Crippen LogP contribution is -2.38. The zero-order valence-electron chi connectivity index (χ0n) is 10.9. The number of hydrogen-bond acceptors (Lipinski definition) is 2. The second kappa shape index (κ2) is 5.65. The Morgan fingerprint density at radius 3 is 2.74 bits per heavy atom. The third-order valence-electron chi connectivity index (χ3n) is 3.54. The van der Waals surface area contributed by atoms with E-state index in [1.165, 1.54) is 6.07 Å². The fourth-order valence-corrected chi connectivity index (χ4v) is 2.21. The fourth-order valence-electron chi connectivity index (χ4n) is 2.21. The summed E-state index contributed by atoms with van der Waals surface area (Å²) >= 11 is 0. The third-order valence-corrected chi connectivity index (χ3v) is 3.54. The average Bonchev–Trinajstić information content (AvgIpc) is 3.15. The molecule has 0 bridgehead atoms. The van der Waals surface area contributed by atoms with Gasteiger partial charge in [0.05, 0.1) is 5.41 Å². The van der Waals surface area contributed by atoms with Crippen LogP contribution in [0, 0.1) is 17.0 Å². The Bertz CT molecular complexity index is 473. The molecule has 0 radical (unpaired) electrons. The topological polar surface area (TPSA) is 41.1 Å². The summed E-state index contributed by atoms with van der Waals surface area (Å²) in [7, 11) is 1.81. The molecule has 0 aromatic heterocycles. The van der Waals surface area contributed by atoms with Crippen LogP contribution in [-0.4, -0.2) is 26.0 Å². The van der Waals surface area contributed by atoms with Gasteiger partial charge in [-0.3, -0.25) is 4.79 Å². The minimum atomic E-state index is -0.462. The van der Waals surface area contributed by atoms with Crippen molar-refractivity contribution in [2.75, 3.05) is 20.1 Å². The number of rotatable bonds is 6. The first-order valence-corrected chi connectivity index (χ1v) is 6.44. The van der Waals surface area contributed by atoms with E-state index in [1.807, 2.05) is 7.05 Å². The lowest BCUT2D eigenvalue weighted by atomic mass is 10.1. The van der Waals surface area contributed by atoms with Crippen molar-refractivity contribution < 1.29 is 13.6 Å². The summed E-state index contributed by atoms with van der Waals surface area (Å²) in [4.78, 5) is 11.9. The zero-order valence-corrected chi connectivity index (χ0v) is 10.9. The molecule has 2 rings (SSSR count). The minimum absolute atomic E-state index is 0.00124. The first-order valence-electron chi connectivity index (χ1n) is 6.44. The molecule has 19 heavy (non-hydrogen) atoms. The summed E-state index contributed by atoms with van der Waals surface area (Å²) in [5, 5.41) is 5.80. The molecule has 0 saturated heterocycles. The van der Waals surface area contributed by atoms with Crippen LogP contribution in [-0.2, 0) is 11.2 Å². The van der Waals surface area contributed by atoms with Gasteiger partial charge in [-0.05, 0) is 50.1 Å². The van der Waals surface area contributed by atoms with Crippen molar-refractivity contribution in [2.45, 2.75) is 19.3 Å². The highest BCUT2D eigenvalue weighted by molar-refractivity contribution is 5.85. The number of hydrogen-bond donors (Lipinski definition) is 2. The molecular formula is C14H18F2N2O. The SMILES string of the molecule is CNCC1(C(=O)NCCc2cc(F)ccc2F)CC1. The van der Waals surface area contributed by atoms with E-state index >= 15 is 0 Å². The van der Waals surface area contributed by atoms with Crippen molar-refractivity contribution in [2.24, 2.45) is 5.41 Å². The molecule has 1 aliphatic rings. The fraction of sp³-hybridized carbons (Fsp3) is 0.500. The van der Waals surface area contributed by atoms with Gasteiger partial charge in [-0.25, -0.2) is 8.78 Å². The number of carbonyl (C=O) groups excluding carboxylic acids is 1. The second-order valence-electron chi connectivity index (χ2n) is 5.05. The van der Waals surface area contributed by atoms with Crippen molar-refractivity contribution in [3.63, 3.8) is 0 Å². The molecule has 5 heteroatoms. The molecule has 1 aromatic rings. The number of carbonyl (C=O) groups is 1. The normalized spacial score (nSPS) is 16.2. The summed E-state index contributed by atoms with van der Waals surface area (Å²) in [6, 6.07) is 3.36. The van der Waals surface area contributed by atoms with Gasteiger partial charge in [0, 0.05) is 13.1 Å². The molecule has 0 aliphatic heterocycles. The Balaban J connectivity index is 1.83. The van der Waals surface area contributed by atoms with E-state index in [1.54, 1.807) is 0 Å². The number of halogens is 2. The van der Waals surface area contributed by atoms with Crippen molar-refractivity contribution in [3.05, 3.63) is 35.4 Å². The molecule has 1 aliphatic carbocycles. The Morgan fingerprint density at radius 1 is 1.37 bits per heavy atom. The number of amides is 1. The molecule has 1 saturated carbocycles. The quantitative estimate of drug-likeness (QED) is 0.823. The molecular weight excluding hydrogens is 250 g/mol. The molecule has 0 atom stereocenters. The summed E-state index contributed by atoms with van der Waals surface area (Å²) < 4.78 is 26.3. The van der Waals surface area contributed by atoms with E-state index in [0.717, 1.165) is 25.0 Å². The van der Waals surface area contributed by atoms with Crippen LogP contribution in [0.5, 0.6) is 0 Å². The van der Waals surface area contributed by atoms with Crippen LogP contribution >= 0.6 is 0 Å². The standard InChI is InChI=1S/C14H18F2N2O/c1-17-9-14(5-6-14)13(19)18-7-4-10-8-11(15)2-3-12(10)16/h2-3,8,17H,4-7,9H2,1H3,(H,18,19). The van der Waals surface area contributed by atoms with Gasteiger partial charge in [-0.1, -0.05) is 0 Å². The van der Waals surface area contributed by atoms with Crippen molar-refractivity contribution in [3.8, 4) is 0 Å². The number of nitrogens with one attached hydrogen (secondary N) is 2. The van der Waals surface area contributed by atoms with Gasteiger partial charge in [0.2, 0.25) is 5.91 Å². The monoisotopic (exact) mass is 268 g/mol. The maximum absolute atomic E-state index is 13.4. The van der Waals surface area contributed by atoms with Crippen LogP contribution in [0.1, 0.15) is 18.4 Å². The van der Waals surface area contributed by atoms with Crippen LogP contribution in [0.15, 0.2) is 18.2 Å². The van der Waals surface area contributed by atoms with Crippen molar-refractivity contribution in [1.82, 2.24) is 10.6 Å². The molecule has 0 unspecified atom stereocenters. The zero-order chi connectivity index (χ0) is 13.9. The predicted molar refractivity (Wildman–Crippen MR) is 68.7 cm³/mol. The molecule has 2 N–H and O–H groups in total. The highest BCUT2D eigenvalue weighted by Crippen LogP contribution is 2.45. The van der Waals surface area contributed by atoms with Crippen molar-refractivity contribution >= 4 is 5.91 Å². The smallest absolute Gasteiger partial charge is 0.227 e. The Labute approximate surface area is 111 Å². The van der Waals surface area contributed by atoms with Crippen LogP contribution in [0.2, 0.25) is 0 Å². The van der Waals surface area contributed by atoms with E-state index in [4.69, 9.17) is 0 Å². The van der Waals surface area contributed by atoms with Gasteiger partial charge in [0.25, 0.3) is 0 Å². The first-order chi connectivity index (χ1) is 9.07. The number of benzene rings is 1. The average molecular weight is 268 g/mol. The van der Waals surface area contributed by atoms with Crippen LogP contribution in [0.25, 0.3) is 0 Å². The van der Waals surface area contributed by atoms with Gasteiger partial charge in [-0.2, -0.15) is 0 Å². The van der Waals surface area contributed by atoms with E-state index in [9.17, 15) is 13.6 Å². The second-order valence-corrected chi connectivity index (χ2v) is 5.05. The van der Waals surface area contributed by atoms with Gasteiger partial charge < -0.3 is 10.6 Å². The predicted octanol–water partition coefficient (Wildman–Crippen LogP) is 1.62. The van der Waals surface area contributed by atoms with Gasteiger partial charge >= 0.3 is 0 Å². The summed E-state index contributed by atoms with van der Waals surface area (Å²) in [6.45, 7) is 0.984. The van der Waals surface area contributed by atoms with E-state index < -0.39 is 11.6 Å². The molecule has 1 amide bonds. The van der Waals surface area contributed by atoms with Crippen molar-refractivity contribution in [1.29, 1.82) is 0 Å². The Morgan fingerprint density at radius 2 is 2.11 bits per heavy atom. The van der Waals surface area contributed by atoms with Crippen LogP contribution < -0.4 is 10.6 Å². The van der Waals surface area contributed by atoms with Gasteiger partial charge in [-0.15, -0.1) is 0 Å².